The second-order valence-corrected chi connectivity index (χ2v) is 6.91. The van der Waals surface area contributed by atoms with E-state index in [0.717, 1.165) is 5.56 Å². The van der Waals surface area contributed by atoms with Crippen molar-refractivity contribution in [3.8, 4) is 0 Å². The lowest BCUT2D eigenvalue weighted by atomic mass is 9.89. The van der Waals surface area contributed by atoms with E-state index in [1.807, 2.05) is 30.3 Å². The first-order valence-corrected chi connectivity index (χ1v) is 9.13. The van der Waals surface area contributed by atoms with Gasteiger partial charge in [0.1, 0.15) is 5.92 Å². The molecule has 3 rings (SSSR count). The molecule has 27 heavy (non-hydrogen) atoms. The van der Waals surface area contributed by atoms with Crippen LogP contribution >= 0.6 is 23.2 Å². The summed E-state index contributed by atoms with van der Waals surface area (Å²) >= 11 is 12.4. The van der Waals surface area contributed by atoms with Gasteiger partial charge < -0.3 is 15.4 Å². The highest BCUT2D eigenvalue weighted by Gasteiger charge is 2.40. The van der Waals surface area contributed by atoms with E-state index in [1.54, 1.807) is 18.2 Å². The number of nitrogens with one attached hydrogen (secondary N) is 2. The molecule has 2 aromatic rings. The number of halogens is 2. The maximum Gasteiger partial charge on any atom is 0.319 e. The minimum atomic E-state index is -0.825. The molecule has 2 unspecified atom stereocenters. The van der Waals surface area contributed by atoms with Gasteiger partial charge in [-0.3, -0.25) is 4.79 Å². The van der Waals surface area contributed by atoms with Crippen molar-refractivity contribution >= 4 is 35.2 Å². The van der Waals surface area contributed by atoms with Crippen molar-refractivity contribution < 1.29 is 14.3 Å². The molecule has 7 heteroatoms. The van der Waals surface area contributed by atoms with Crippen molar-refractivity contribution in [2.45, 2.75) is 12.5 Å². The summed E-state index contributed by atoms with van der Waals surface area (Å²) in [6, 6.07) is 13.6. The standard InChI is InChI=1S/C20H18Cl2N2O3/c1-12-16(19(25)27-11-10-13-6-3-2-4-7-13)18(24-20(26)23-12)14-8-5-9-15(21)17(14)22/h2-9,16,18H,1,10-11H2,(H2,23,24,26). The van der Waals surface area contributed by atoms with Gasteiger partial charge in [0.05, 0.1) is 22.7 Å². The number of esters is 1. The summed E-state index contributed by atoms with van der Waals surface area (Å²) in [6.45, 7) is 4.03. The molecule has 0 aromatic heterocycles. The van der Waals surface area contributed by atoms with Crippen molar-refractivity contribution in [3.05, 3.63) is 82.0 Å². The van der Waals surface area contributed by atoms with Crippen LogP contribution in [-0.2, 0) is 16.0 Å². The van der Waals surface area contributed by atoms with Gasteiger partial charge in [0.25, 0.3) is 0 Å². The maximum absolute atomic E-state index is 12.7. The monoisotopic (exact) mass is 404 g/mol. The summed E-state index contributed by atoms with van der Waals surface area (Å²) in [5.41, 5.74) is 1.85. The highest BCUT2D eigenvalue weighted by Crippen LogP contribution is 2.37. The molecule has 5 nitrogen and oxygen atoms in total. The minimum Gasteiger partial charge on any atom is -0.465 e. The Labute approximate surface area is 167 Å². The van der Waals surface area contributed by atoms with Gasteiger partial charge >= 0.3 is 12.0 Å². The summed E-state index contributed by atoms with van der Waals surface area (Å²) in [5.74, 6) is -1.32. The third-order valence-electron chi connectivity index (χ3n) is 4.32. The van der Waals surface area contributed by atoms with E-state index in [1.165, 1.54) is 0 Å². The highest BCUT2D eigenvalue weighted by atomic mass is 35.5. The molecule has 1 aliphatic rings. The number of urea groups is 1. The van der Waals surface area contributed by atoms with Gasteiger partial charge in [-0.1, -0.05) is 72.2 Å². The number of hydrogen-bond acceptors (Lipinski definition) is 3. The van der Waals surface area contributed by atoms with E-state index in [4.69, 9.17) is 27.9 Å². The van der Waals surface area contributed by atoms with Gasteiger partial charge in [0, 0.05) is 12.1 Å². The van der Waals surface area contributed by atoms with Crippen LogP contribution in [0.25, 0.3) is 0 Å². The van der Waals surface area contributed by atoms with Gasteiger partial charge in [-0.2, -0.15) is 0 Å². The molecule has 2 atom stereocenters. The fourth-order valence-corrected chi connectivity index (χ4v) is 3.41. The zero-order valence-electron chi connectivity index (χ0n) is 14.4. The van der Waals surface area contributed by atoms with Crippen LogP contribution in [-0.4, -0.2) is 18.6 Å². The molecular weight excluding hydrogens is 387 g/mol. The SMILES string of the molecule is C=C1NC(=O)NC(c2cccc(Cl)c2Cl)C1C(=O)OCCc1ccccc1. The van der Waals surface area contributed by atoms with E-state index < -0.39 is 24.0 Å². The minimum absolute atomic E-state index is 0.219. The zero-order valence-corrected chi connectivity index (χ0v) is 15.9. The predicted octanol–water partition coefficient (Wildman–Crippen LogP) is 4.26. The summed E-state index contributed by atoms with van der Waals surface area (Å²) < 4.78 is 5.45. The molecule has 1 fully saturated rings. The molecule has 2 N–H and O–H groups in total. The van der Waals surface area contributed by atoms with Crippen molar-refractivity contribution in [1.29, 1.82) is 0 Å². The van der Waals surface area contributed by atoms with Crippen molar-refractivity contribution in [3.63, 3.8) is 0 Å². The number of carbonyl (C=O) groups excluding carboxylic acids is 2. The number of amides is 2. The van der Waals surface area contributed by atoms with E-state index in [0.29, 0.717) is 17.0 Å². The Hall–Kier alpha value is -2.50. The lowest BCUT2D eigenvalue weighted by Gasteiger charge is -2.33. The summed E-state index contributed by atoms with van der Waals surface area (Å²) in [5, 5.41) is 5.86. The molecule has 0 saturated carbocycles. The first kappa shape index (κ1) is 19.3. The summed E-state index contributed by atoms with van der Waals surface area (Å²) in [7, 11) is 0. The lowest BCUT2D eigenvalue weighted by Crippen LogP contribution is -2.51. The molecule has 0 spiro atoms. The average Bonchev–Trinajstić information content (AvgIpc) is 2.64. The van der Waals surface area contributed by atoms with E-state index in [-0.39, 0.29) is 17.3 Å². The smallest absolute Gasteiger partial charge is 0.319 e. The highest BCUT2D eigenvalue weighted by molar-refractivity contribution is 6.42. The maximum atomic E-state index is 12.7. The average molecular weight is 405 g/mol. The number of benzene rings is 2. The van der Waals surface area contributed by atoms with Gasteiger partial charge in [-0.25, -0.2) is 4.79 Å². The second-order valence-electron chi connectivity index (χ2n) is 6.13. The molecule has 140 valence electrons. The van der Waals surface area contributed by atoms with Crippen molar-refractivity contribution in [2.75, 3.05) is 6.61 Å². The Bertz CT molecular complexity index is 871. The first-order valence-electron chi connectivity index (χ1n) is 8.38. The predicted molar refractivity (Wildman–Crippen MR) is 105 cm³/mol. The van der Waals surface area contributed by atoms with Crippen LogP contribution in [0, 0.1) is 5.92 Å². The number of carbonyl (C=O) groups is 2. The Morgan fingerprint density at radius 3 is 2.59 bits per heavy atom. The molecule has 0 aliphatic carbocycles. The Kier molecular flexibility index (Phi) is 6.04. The quantitative estimate of drug-likeness (QED) is 0.731. The second kappa shape index (κ2) is 8.46. The van der Waals surface area contributed by atoms with Crippen molar-refractivity contribution in [1.82, 2.24) is 10.6 Å². The van der Waals surface area contributed by atoms with Crippen LogP contribution in [0.4, 0.5) is 4.79 Å². The van der Waals surface area contributed by atoms with Gasteiger partial charge in [0.15, 0.2) is 0 Å². The molecular formula is C20H18Cl2N2O3. The molecule has 0 bridgehead atoms. The Morgan fingerprint density at radius 1 is 1.11 bits per heavy atom. The van der Waals surface area contributed by atoms with Crippen LogP contribution in [0.5, 0.6) is 0 Å². The molecule has 1 aliphatic heterocycles. The summed E-state index contributed by atoms with van der Waals surface area (Å²) in [4.78, 5) is 24.6. The van der Waals surface area contributed by atoms with Crippen LogP contribution in [0.1, 0.15) is 17.2 Å². The van der Waals surface area contributed by atoms with E-state index in [2.05, 4.69) is 17.2 Å². The Balaban J connectivity index is 1.77. The molecule has 0 radical (unpaired) electrons. The normalized spacial score (nSPS) is 19.2. The third-order valence-corrected chi connectivity index (χ3v) is 5.15. The largest absolute Gasteiger partial charge is 0.465 e. The third kappa shape index (κ3) is 4.43. The number of ether oxygens (including phenoxy) is 1. The van der Waals surface area contributed by atoms with E-state index >= 15 is 0 Å². The summed E-state index contributed by atoms with van der Waals surface area (Å²) in [6.07, 6.45) is 0.591. The van der Waals surface area contributed by atoms with Crippen molar-refractivity contribution in [2.24, 2.45) is 5.92 Å². The lowest BCUT2D eigenvalue weighted by molar-refractivity contribution is -0.148. The van der Waals surface area contributed by atoms with E-state index in [9.17, 15) is 9.59 Å². The fraction of sp³-hybridized carbons (Fsp3) is 0.200. The topological polar surface area (TPSA) is 67.4 Å². The van der Waals surface area contributed by atoms with Gasteiger partial charge in [0.2, 0.25) is 0 Å². The van der Waals surface area contributed by atoms with Gasteiger partial charge in [-0.15, -0.1) is 0 Å². The molecule has 2 aromatic carbocycles. The molecule has 1 saturated heterocycles. The van der Waals surface area contributed by atoms with Crippen LogP contribution in [0.2, 0.25) is 10.0 Å². The van der Waals surface area contributed by atoms with Crippen LogP contribution < -0.4 is 10.6 Å². The zero-order chi connectivity index (χ0) is 19.4. The number of hydrogen-bond donors (Lipinski definition) is 2. The van der Waals surface area contributed by atoms with Crippen LogP contribution in [0.15, 0.2) is 60.8 Å². The first-order chi connectivity index (χ1) is 13.0. The molecule has 1 heterocycles. The molecule has 2 amide bonds. The van der Waals surface area contributed by atoms with Crippen LogP contribution in [0.3, 0.4) is 0 Å². The van der Waals surface area contributed by atoms with Gasteiger partial charge in [-0.05, 0) is 17.2 Å². The fourth-order valence-electron chi connectivity index (χ4n) is 2.99. The number of rotatable bonds is 5. The Morgan fingerprint density at radius 2 is 1.85 bits per heavy atom.